The molecule has 0 radical (unpaired) electrons. The van der Waals surface area contributed by atoms with E-state index in [0.29, 0.717) is 11.3 Å². The molecule has 0 atom stereocenters. The number of urea groups is 1. The van der Waals surface area contributed by atoms with E-state index in [1.165, 1.54) is 0 Å². The molecule has 8 heteroatoms. The molecular weight excluding hydrogens is 249 g/mol. The van der Waals surface area contributed by atoms with Crippen LogP contribution in [0.5, 0.6) is 0 Å². The lowest BCUT2D eigenvalue weighted by atomic mass is 10.4. The Balaban J connectivity index is 4.40. The third kappa shape index (κ3) is 6.49. The summed E-state index contributed by atoms with van der Waals surface area (Å²) in [5, 5.41) is 1.75. The van der Waals surface area contributed by atoms with E-state index in [1.807, 2.05) is 0 Å². The molecule has 4 nitrogen and oxygen atoms in total. The van der Waals surface area contributed by atoms with Crippen LogP contribution in [0.1, 0.15) is 13.3 Å². The van der Waals surface area contributed by atoms with Gasteiger partial charge in [0.05, 0.1) is 0 Å². The van der Waals surface area contributed by atoms with Crippen molar-refractivity contribution in [2.24, 2.45) is 0 Å². The van der Waals surface area contributed by atoms with E-state index < -0.39 is 30.5 Å². The molecule has 0 fully saturated rings. The summed E-state index contributed by atoms with van der Waals surface area (Å²) in [5.41, 5.74) is 0. The lowest BCUT2D eigenvalue weighted by Gasteiger charge is -2.23. The van der Waals surface area contributed by atoms with Gasteiger partial charge in [-0.15, -0.1) is 11.6 Å². The average Bonchev–Trinajstić information content (AvgIpc) is 2.14. The number of halogens is 4. The summed E-state index contributed by atoms with van der Waals surface area (Å²) < 4.78 is 36.2. The number of carbonyl (C=O) groups is 2. The molecule has 0 aromatic heterocycles. The number of nitrogens with zero attached hydrogens (tertiary/aromatic N) is 1. The maximum atomic E-state index is 12.1. The Hall–Kier alpha value is -0.980. The number of rotatable bonds is 4. The third-order valence-electron chi connectivity index (χ3n) is 1.52. The van der Waals surface area contributed by atoms with Crippen molar-refractivity contribution >= 4 is 23.5 Å². The Morgan fingerprint density at radius 2 is 1.94 bits per heavy atom. The summed E-state index contributed by atoms with van der Waals surface area (Å²) in [5.74, 6) is -1.30. The first-order chi connectivity index (χ1) is 7.30. The van der Waals surface area contributed by atoms with Gasteiger partial charge >= 0.3 is 12.2 Å². The van der Waals surface area contributed by atoms with Gasteiger partial charge in [0.2, 0.25) is 5.91 Å². The number of alkyl halides is 4. The summed E-state index contributed by atoms with van der Waals surface area (Å²) in [7, 11) is 0. The zero-order valence-corrected chi connectivity index (χ0v) is 9.36. The normalized spacial score (nSPS) is 11.1. The average molecular weight is 261 g/mol. The second kappa shape index (κ2) is 6.57. The number of hydrogen-bond acceptors (Lipinski definition) is 2. The Labute approximate surface area is 95.7 Å². The summed E-state index contributed by atoms with van der Waals surface area (Å²) in [6.07, 6.45) is -4.13. The largest absolute Gasteiger partial charge is 0.406 e. The molecule has 0 heterocycles. The van der Waals surface area contributed by atoms with Gasteiger partial charge in [-0.2, -0.15) is 13.2 Å². The fourth-order valence-electron chi connectivity index (χ4n) is 0.970. The van der Waals surface area contributed by atoms with Crippen molar-refractivity contribution in [2.45, 2.75) is 19.5 Å². The molecule has 0 saturated carbocycles. The van der Waals surface area contributed by atoms with Gasteiger partial charge < -0.3 is 4.90 Å². The Morgan fingerprint density at radius 3 is 2.31 bits per heavy atom. The van der Waals surface area contributed by atoms with Crippen LogP contribution < -0.4 is 5.32 Å². The van der Waals surface area contributed by atoms with E-state index >= 15 is 0 Å². The fraction of sp³-hybridized carbons (Fsp3) is 0.750. The van der Waals surface area contributed by atoms with Crippen LogP contribution in [0.4, 0.5) is 18.0 Å². The topological polar surface area (TPSA) is 49.4 Å². The number of imide groups is 1. The zero-order chi connectivity index (χ0) is 12.8. The molecule has 0 aliphatic rings. The third-order valence-corrected chi connectivity index (χ3v) is 1.76. The van der Waals surface area contributed by atoms with E-state index in [4.69, 9.17) is 11.6 Å². The molecule has 1 N–H and O–H groups in total. The number of hydrogen-bond donors (Lipinski definition) is 1. The minimum atomic E-state index is -4.49. The van der Waals surface area contributed by atoms with Crippen molar-refractivity contribution in [3.8, 4) is 0 Å². The molecule has 0 unspecified atom stereocenters. The van der Waals surface area contributed by atoms with Gasteiger partial charge in [0.15, 0.2) is 0 Å². The number of amides is 3. The molecule has 0 bridgehead atoms. The summed E-state index contributed by atoms with van der Waals surface area (Å²) in [6, 6.07) is -1.08. The molecule has 0 saturated heterocycles. The predicted molar refractivity (Wildman–Crippen MR) is 52.2 cm³/mol. The van der Waals surface area contributed by atoms with E-state index in [2.05, 4.69) is 0 Å². The minimum Gasteiger partial charge on any atom is -0.315 e. The molecule has 0 spiro atoms. The lowest BCUT2D eigenvalue weighted by molar-refractivity contribution is -0.140. The van der Waals surface area contributed by atoms with Gasteiger partial charge in [0.25, 0.3) is 0 Å². The maximum Gasteiger partial charge on any atom is 0.406 e. The van der Waals surface area contributed by atoms with Crippen molar-refractivity contribution in [1.82, 2.24) is 10.2 Å². The van der Waals surface area contributed by atoms with Gasteiger partial charge in [0.1, 0.15) is 12.4 Å². The highest BCUT2D eigenvalue weighted by molar-refractivity contribution is 6.28. The molecule has 0 rings (SSSR count). The zero-order valence-electron chi connectivity index (χ0n) is 8.60. The number of carbonyl (C=O) groups excluding carboxylic acids is 2. The van der Waals surface area contributed by atoms with Gasteiger partial charge in [-0.25, -0.2) is 4.79 Å². The Kier molecular flexibility index (Phi) is 6.17. The first kappa shape index (κ1) is 15.0. The highest BCUT2D eigenvalue weighted by Crippen LogP contribution is 2.16. The summed E-state index contributed by atoms with van der Waals surface area (Å²) >= 11 is 5.11. The van der Waals surface area contributed by atoms with Crippen molar-refractivity contribution in [3.05, 3.63) is 0 Å². The second-order valence-electron chi connectivity index (χ2n) is 3.02. The van der Waals surface area contributed by atoms with Crippen LogP contribution in [-0.4, -0.2) is 42.0 Å². The van der Waals surface area contributed by atoms with Crippen molar-refractivity contribution in [1.29, 1.82) is 0 Å². The first-order valence-electron chi connectivity index (χ1n) is 4.51. The van der Waals surface area contributed by atoms with Crippen molar-refractivity contribution < 1.29 is 22.8 Å². The molecule has 0 aromatic carbocycles. The van der Waals surface area contributed by atoms with Crippen molar-refractivity contribution in [2.75, 3.05) is 19.0 Å². The molecule has 16 heavy (non-hydrogen) atoms. The quantitative estimate of drug-likeness (QED) is 0.783. The first-order valence-corrected chi connectivity index (χ1v) is 5.05. The van der Waals surface area contributed by atoms with Gasteiger partial charge in [-0.05, 0) is 6.42 Å². The lowest BCUT2D eigenvalue weighted by Crippen LogP contribution is -2.47. The molecule has 0 aliphatic carbocycles. The summed E-state index contributed by atoms with van der Waals surface area (Å²) in [4.78, 5) is 22.5. The van der Waals surface area contributed by atoms with Crippen LogP contribution >= 0.6 is 11.6 Å². The smallest absolute Gasteiger partial charge is 0.315 e. The van der Waals surface area contributed by atoms with Crippen LogP contribution in [0.15, 0.2) is 0 Å². The molecule has 3 amide bonds. The number of nitrogens with one attached hydrogen (secondary N) is 1. The minimum absolute atomic E-state index is 0.0824. The summed E-state index contributed by atoms with van der Waals surface area (Å²) in [6.45, 7) is 0.156. The Morgan fingerprint density at radius 1 is 1.38 bits per heavy atom. The van der Waals surface area contributed by atoms with E-state index in [-0.39, 0.29) is 6.54 Å². The van der Waals surface area contributed by atoms with Crippen LogP contribution in [0.2, 0.25) is 0 Å². The van der Waals surface area contributed by atoms with Crippen molar-refractivity contribution in [3.63, 3.8) is 0 Å². The molecule has 0 aliphatic heterocycles. The fourth-order valence-corrected chi connectivity index (χ4v) is 1.04. The van der Waals surface area contributed by atoms with Gasteiger partial charge in [0, 0.05) is 6.54 Å². The standard InChI is InChI=1S/C8H12ClF3N2O2/c1-2-3-14(5-8(10,11)12)7(16)13-6(15)4-9/h2-5H2,1H3,(H,13,15,16). The van der Waals surface area contributed by atoms with Crippen LogP contribution in [-0.2, 0) is 4.79 Å². The van der Waals surface area contributed by atoms with Gasteiger partial charge in [-0.3, -0.25) is 10.1 Å². The van der Waals surface area contributed by atoms with E-state index in [1.54, 1.807) is 12.2 Å². The predicted octanol–water partition coefficient (Wildman–Crippen LogP) is 1.74. The highest BCUT2D eigenvalue weighted by Gasteiger charge is 2.32. The van der Waals surface area contributed by atoms with E-state index in [0.717, 1.165) is 0 Å². The highest BCUT2D eigenvalue weighted by atomic mass is 35.5. The van der Waals surface area contributed by atoms with Gasteiger partial charge in [-0.1, -0.05) is 6.92 Å². The Bertz CT molecular complexity index is 258. The SMILES string of the molecule is CCCN(CC(F)(F)F)C(=O)NC(=O)CCl. The van der Waals surface area contributed by atoms with Crippen LogP contribution in [0, 0.1) is 0 Å². The monoisotopic (exact) mass is 260 g/mol. The molecular formula is C8H12ClF3N2O2. The maximum absolute atomic E-state index is 12.1. The second-order valence-corrected chi connectivity index (χ2v) is 3.29. The van der Waals surface area contributed by atoms with Crippen LogP contribution in [0.3, 0.4) is 0 Å². The van der Waals surface area contributed by atoms with Crippen LogP contribution in [0.25, 0.3) is 0 Å². The molecule has 0 aromatic rings. The van der Waals surface area contributed by atoms with E-state index in [9.17, 15) is 22.8 Å². The molecule has 94 valence electrons.